The number of carbonyl (C=O) groups is 3. The normalized spacial score (nSPS) is 16.1. The zero-order valence-corrected chi connectivity index (χ0v) is 16.8. The third-order valence-corrected chi connectivity index (χ3v) is 5.07. The lowest BCUT2D eigenvalue weighted by atomic mass is 9.94. The van der Waals surface area contributed by atoms with Crippen molar-refractivity contribution < 1.29 is 33.1 Å². The molecule has 2 aromatic heterocycles. The van der Waals surface area contributed by atoms with Crippen LogP contribution in [-0.2, 0) is 16.1 Å². The third kappa shape index (κ3) is 3.63. The Hall–Kier alpha value is -4.07. The molecule has 8 nitrogen and oxygen atoms in total. The summed E-state index contributed by atoms with van der Waals surface area (Å²) in [6.45, 7) is 1.73. The molecule has 0 saturated heterocycles. The van der Waals surface area contributed by atoms with Crippen molar-refractivity contribution in [2.24, 2.45) is 0 Å². The Balaban J connectivity index is 1.78. The molecule has 0 radical (unpaired) electrons. The number of carbonyl (C=O) groups excluding carboxylic acids is 3. The summed E-state index contributed by atoms with van der Waals surface area (Å²) in [7, 11) is 1.28. The van der Waals surface area contributed by atoms with Gasteiger partial charge in [0, 0.05) is 0 Å². The molecule has 3 heterocycles. The van der Waals surface area contributed by atoms with Crippen LogP contribution < -0.4 is 0 Å². The van der Waals surface area contributed by atoms with Crippen molar-refractivity contribution in [3.8, 4) is 0 Å². The van der Waals surface area contributed by atoms with E-state index in [1.807, 2.05) is 0 Å². The maximum absolute atomic E-state index is 13.2. The van der Waals surface area contributed by atoms with Crippen LogP contribution in [0.5, 0.6) is 0 Å². The summed E-state index contributed by atoms with van der Waals surface area (Å²) < 4.78 is 15.5. The first-order valence-electron chi connectivity index (χ1n) is 9.46. The van der Waals surface area contributed by atoms with E-state index >= 15 is 0 Å². The van der Waals surface area contributed by atoms with Crippen molar-refractivity contribution in [1.82, 2.24) is 4.90 Å². The van der Waals surface area contributed by atoms with Gasteiger partial charge in [-0.25, -0.2) is 4.79 Å². The largest absolute Gasteiger partial charge is 0.503 e. The number of amides is 1. The van der Waals surface area contributed by atoms with Crippen LogP contribution in [-0.4, -0.2) is 34.8 Å². The summed E-state index contributed by atoms with van der Waals surface area (Å²) in [5, 5.41) is 10.6. The van der Waals surface area contributed by atoms with Crippen LogP contribution in [0.1, 0.15) is 44.0 Å². The molecule has 1 atom stereocenters. The molecule has 31 heavy (non-hydrogen) atoms. The lowest BCUT2D eigenvalue weighted by Gasteiger charge is -2.26. The molecule has 0 saturated carbocycles. The Kier molecular flexibility index (Phi) is 5.21. The number of aryl methyl sites for hydroxylation is 1. The highest BCUT2D eigenvalue weighted by atomic mass is 16.5. The number of esters is 1. The number of benzene rings is 1. The van der Waals surface area contributed by atoms with E-state index in [1.54, 1.807) is 37.3 Å². The second-order valence-electron chi connectivity index (χ2n) is 7.03. The molecule has 1 N–H and O–H groups in total. The molecule has 0 aliphatic carbocycles. The minimum Gasteiger partial charge on any atom is -0.503 e. The van der Waals surface area contributed by atoms with Gasteiger partial charge in [0.05, 0.1) is 37.1 Å². The number of methoxy groups -OCH3 is 1. The van der Waals surface area contributed by atoms with Gasteiger partial charge in [-0.2, -0.15) is 0 Å². The van der Waals surface area contributed by atoms with Crippen molar-refractivity contribution in [2.75, 3.05) is 7.11 Å². The minimum absolute atomic E-state index is 0.0166. The molecule has 1 aliphatic heterocycles. The highest BCUT2D eigenvalue weighted by molar-refractivity contribution is 6.15. The van der Waals surface area contributed by atoms with Gasteiger partial charge in [0.25, 0.3) is 5.91 Å². The number of Topliss-reactive ketones (excluding diaryl/α,β-unsaturated/α-hetero) is 1. The van der Waals surface area contributed by atoms with Gasteiger partial charge < -0.3 is 23.6 Å². The van der Waals surface area contributed by atoms with Crippen molar-refractivity contribution in [1.29, 1.82) is 0 Å². The summed E-state index contributed by atoms with van der Waals surface area (Å²) >= 11 is 0. The molecule has 0 bridgehead atoms. The van der Waals surface area contributed by atoms with E-state index in [2.05, 4.69) is 0 Å². The number of aliphatic hydroxyl groups is 1. The highest BCUT2D eigenvalue weighted by Gasteiger charge is 2.44. The number of furan rings is 2. The fraction of sp³-hybridized carbons (Fsp3) is 0.174. The Morgan fingerprint density at radius 2 is 1.87 bits per heavy atom. The summed E-state index contributed by atoms with van der Waals surface area (Å²) in [4.78, 5) is 39.2. The molecule has 3 aromatic rings. The summed E-state index contributed by atoms with van der Waals surface area (Å²) in [6.07, 6.45) is 1.47. The molecular formula is C23H19NO7. The number of ether oxygens (including phenoxy) is 1. The van der Waals surface area contributed by atoms with Gasteiger partial charge in [-0.15, -0.1) is 0 Å². The van der Waals surface area contributed by atoms with Crippen LogP contribution >= 0.6 is 0 Å². The van der Waals surface area contributed by atoms with Gasteiger partial charge in [-0.1, -0.05) is 12.1 Å². The fourth-order valence-electron chi connectivity index (χ4n) is 3.57. The molecule has 0 fully saturated rings. The fourth-order valence-corrected chi connectivity index (χ4v) is 3.57. The number of ketones is 1. The van der Waals surface area contributed by atoms with E-state index in [0.29, 0.717) is 22.6 Å². The van der Waals surface area contributed by atoms with Gasteiger partial charge in [0.15, 0.2) is 11.5 Å². The number of nitrogens with zero attached hydrogens (tertiary/aromatic N) is 1. The van der Waals surface area contributed by atoms with E-state index in [4.69, 9.17) is 13.6 Å². The van der Waals surface area contributed by atoms with Crippen LogP contribution in [0, 0.1) is 6.92 Å². The predicted octanol–water partition coefficient (Wildman–Crippen LogP) is 3.75. The van der Waals surface area contributed by atoms with E-state index in [0.717, 1.165) is 0 Å². The van der Waals surface area contributed by atoms with Gasteiger partial charge in [0.2, 0.25) is 5.78 Å². The Labute approximate surface area is 177 Å². The first kappa shape index (κ1) is 20.2. The van der Waals surface area contributed by atoms with Gasteiger partial charge in [0.1, 0.15) is 11.5 Å². The summed E-state index contributed by atoms with van der Waals surface area (Å²) in [6, 6.07) is 11.9. The average Bonchev–Trinajstić information content (AvgIpc) is 3.50. The molecular weight excluding hydrogens is 402 g/mol. The van der Waals surface area contributed by atoms with E-state index in [1.165, 1.54) is 36.5 Å². The third-order valence-electron chi connectivity index (χ3n) is 5.07. The summed E-state index contributed by atoms with van der Waals surface area (Å²) in [5.74, 6) is -1.43. The van der Waals surface area contributed by atoms with Gasteiger partial charge in [-0.05, 0) is 48.9 Å². The Bertz CT molecular complexity index is 1170. The second-order valence-corrected chi connectivity index (χ2v) is 7.03. The maximum Gasteiger partial charge on any atom is 0.337 e. The van der Waals surface area contributed by atoms with Crippen LogP contribution in [0.2, 0.25) is 0 Å². The van der Waals surface area contributed by atoms with Crippen LogP contribution in [0.25, 0.3) is 0 Å². The Morgan fingerprint density at radius 3 is 2.45 bits per heavy atom. The second kappa shape index (κ2) is 7.98. The van der Waals surface area contributed by atoms with Crippen molar-refractivity contribution in [3.05, 3.63) is 94.5 Å². The molecule has 8 heteroatoms. The van der Waals surface area contributed by atoms with Crippen molar-refractivity contribution >= 4 is 17.7 Å². The van der Waals surface area contributed by atoms with Crippen LogP contribution in [0.15, 0.2) is 75.0 Å². The predicted molar refractivity (Wildman–Crippen MR) is 107 cm³/mol. The summed E-state index contributed by atoms with van der Waals surface area (Å²) in [5.41, 5.74) is 0.746. The average molecular weight is 421 g/mol. The van der Waals surface area contributed by atoms with Gasteiger partial charge >= 0.3 is 5.97 Å². The number of hydrogen-bond acceptors (Lipinski definition) is 7. The molecule has 0 spiro atoms. The maximum atomic E-state index is 13.2. The van der Waals surface area contributed by atoms with E-state index in [-0.39, 0.29) is 17.9 Å². The van der Waals surface area contributed by atoms with Crippen molar-refractivity contribution in [2.45, 2.75) is 19.5 Å². The first-order valence-corrected chi connectivity index (χ1v) is 9.46. The molecule has 158 valence electrons. The quantitative estimate of drug-likeness (QED) is 0.477. The molecule has 1 unspecified atom stereocenters. The lowest BCUT2D eigenvalue weighted by Crippen LogP contribution is -2.30. The smallest absolute Gasteiger partial charge is 0.337 e. The molecule has 1 aromatic carbocycles. The SMILES string of the molecule is COC(=O)c1ccc(C2C(C(=O)c3ccc(C)o3)=C(O)C(=O)N2Cc2ccco2)cc1. The van der Waals surface area contributed by atoms with Crippen molar-refractivity contribution in [3.63, 3.8) is 0 Å². The number of rotatable bonds is 6. The topological polar surface area (TPSA) is 110 Å². The lowest BCUT2D eigenvalue weighted by molar-refractivity contribution is -0.130. The highest BCUT2D eigenvalue weighted by Crippen LogP contribution is 2.40. The zero-order chi connectivity index (χ0) is 22.1. The number of hydrogen-bond donors (Lipinski definition) is 1. The van der Waals surface area contributed by atoms with E-state index in [9.17, 15) is 19.5 Å². The van der Waals surface area contributed by atoms with Crippen LogP contribution in [0.4, 0.5) is 0 Å². The standard InChI is InChI=1S/C23H19NO7/c1-13-5-10-17(31-13)20(25)18-19(14-6-8-15(9-7-14)23(28)29-2)24(22(27)21(18)26)12-16-4-3-11-30-16/h3-11,19,26H,12H2,1-2H3. The van der Waals surface area contributed by atoms with E-state index < -0.39 is 29.5 Å². The van der Waals surface area contributed by atoms with Crippen LogP contribution in [0.3, 0.4) is 0 Å². The monoisotopic (exact) mass is 421 g/mol. The molecule has 1 amide bonds. The Morgan fingerprint density at radius 1 is 1.13 bits per heavy atom. The molecule has 1 aliphatic rings. The zero-order valence-electron chi connectivity index (χ0n) is 16.8. The molecule has 4 rings (SSSR count). The first-order chi connectivity index (χ1) is 14.9. The minimum atomic E-state index is -0.901. The van der Waals surface area contributed by atoms with Gasteiger partial charge in [-0.3, -0.25) is 9.59 Å². The number of aliphatic hydroxyl groups excluding tert-OH is 1.